The number of carbonyl (C=O) groups is 2. The molecule has 2 aromatic carbocycles. The minimum absolute atomic E-state index is 0.101. The van der Waals surface area contributed by atoms with Crippen LogP contribution in [0.3, 0.4) is 0 Å². The Kier molecular flexibility index (Phi) is 8.26. The molecule has 0 radical (unpaired) electrons. The average molecular weight is 463 g/mol. The molecular weight excluding hydrogens is 432 g/mol. The molecule has 32 heavy (non-hydrogen) atoms. The first-order valence-electron chi connectivity index (χ1n) is 10.2. The average Bonchev–Trinajstić information content (AvgIpc) is 2.71. The second-order valence-electron chi connectivity index (χ2n) is 8.26. The first kappa shape index (κ1) is 25.2. The van der Waals surface area contributed by atoms with Gasteiger partial charge in [0.1, 0.15) is 17.9 Å². The van der Waals surface area contributed by atoms with Gasteiger partial charge in [-0.2, -0.15) is 8.42 Å². The molecule has 0 heterocycles. The SMILES string of the molecule is CCS(=O)(=O)Oc1ccc(-c2cccc(CN(C)C(=O)CNC(=O)OC(C)(C)C)c2)cc1. The van der Waals surface area contributed by atoms with E-state index in [-0.39, 0.29) is 24.0 Å². The van der Waals surface area contributed by atoms with Gasteiger partial charge in [0.2, 0.25) is 5.91 Å². The summed E-state index contributed by atoms with van der Waals surface area (Å²) in [5, 5.41) is 2.46. The van der Waals surface area contributed by atoms with Crippen molar-refractivity contribution in [2.45, 2.75) is 39.8 Å². The lowest BCUT2D eigenvalue weighted by Crippen LogP contribution is -2.40. The van der Waals surface area contributed by atoms with Crippen LogP contribution in [0.2, 0.25) is 0 Å². The van der Waals surface area contributed by atoms with Crippen LogP contribution in [0.25, 0.3) is 11.1 Å². The van der Waals surface area contributed by atoms with E-state index in [0.29, 0.717) is 6.54 Å². The maximum atomic E-state index is 12.3. The van der Waals surface area contributed by atoms with E-state index in [1.807, 2.05) is 24.3 Å². The summed E-state index contributed by atoms with van der Waals surface area (Å²) in [6, 6.07) is 14.4. The van der Waals surface area contributed by atoms with E-state index in [0.717, 1.165) is 16.7 Å². The third-order valence-electron chi connectivity index (χ3n) is 4.32. The van der Waals surface area contributed by atoms with E-state index in [4.69, 9.17) is 8.92 Å². The first-order valence-corrected chi connectivity index (χ1v) is 11.8. The van der Waals surface area contributed by atoms with Crippen molar-refractivity contribution in [1.82, 2.24) is 10.2 Å². The quantitative estimate of drug-likeness (QED) is 0.602. The van der Waals surface area contributed by atoms with Crippen LogP contribution < -0.4 is 9.50 Å². The van der Waals surface area contributed by atoms with E-state index >= 15 is 0 Å². The largest absolute Gasteiger partial charge is 0.444 e. The molecule has 0 atom stereocenters. The Hall–Kier alpha value is -3.07. The van der Waals surface area contributed by atoms with Gasteiger partial charge in [-0.3, -0.25) is 4.79 Å². The Labute approximate surface area is 189 Å². The molecule has 2 aromatic rings. The van der Waals surface area contributed by atoms with E-state index in [9.17, 15) is 18.0 Å². The molecule has 0 fully saturated rings. The van der Waals surface area contributed by atoms with Crippen LogP contribution in [0, 0.1) is 0 Å². The van der Waals surface area contributed by atoms with Crippen LogP contribution in [0.5, 0.6) is 5.75 Å². The van der Waals surface area contributed by atoms with Gasteiger partial charge in [0.05, 0.1) is 5.75 Å². The summed E-state index contributed by atoms with van der Waals surface area (Å²) >= 11 is 0. The van der Waals surface area contributed by atoms with Crippen molar-refractivity contribution in [3.05, 3.63) is 54.1 Å². The normalized spacial score (nSPS) is 11.5. The summed E-state index contributed by atoms with van der Waals surface area (Å²) < 4.78 is 33.3. The predicted octanol–water partition coefficient (Wildman–Crippen LogP) is 3.57. The van der Waals surface area contributed by atoms with Gasteiger partial charge in [-0.15, -0.1) is 0 Å². The molecule has 0 bridgehead atoms. The molecule has 8 nitrogen and oxygen atoms in total. The lowest BCUT2D eigenvalue weighted by molar-refractivity contribution is -0.129. The van der Waals surface area contributed by atoms with Crippen LogP contribution in [0.4, 0.5) is 4.79 Å². The first-order chi connectivity index (χ1) is 14.9. The number of ether oxygens (including phenoxy) is 1. The third-order valence-corrected chi connectivity index (χ3v) is 5.47. The standard InChI is InChI=1S/C23H30N2O6S/c1-6-32(28,29)31-20-12-10-18(11-13-20)19-9-7-8-17(14-19)16-25(5)21(26)15-24-22(27)30-23(2,3)4/h7-14H,6,15-16H2,1-5H3,(H,24,27). The van der Waals surface area contributed by atoms with Crippen LogP contribution in [-0.4, -0.2) is 50.3 Å². The Morgan fingerprint density at radius 3 is 2.28 bits per heavy atom. The van der Waals surface area contributed by atoms with Gasteiger partial charge in [-0.05, 0) is 62.6 Å². The zero-order valence-corrected chi connectivity index (χ0v) is 19.9. The number of alkyl carbamates (subject to hydrolysis) is 1. The summed E-state index contributed by atoms with van der Waals surface area (Å²) in [7, 11) is -1.91. The number of hydrogen-bond acceptors (Lipinski definition) is 6. The summed E-state index contributed by atoms with van der Waals surface area (Å²) in [5.41, 5.74) is 2.08. The van der Waals surface area contributed by atoms with Gasteiger partial charge in [0.15, 0.2) is 0 Å². The monoisotopic (exact) mass is 462 g/mol. The van der Waals surface area contributed by atoms with Gasteiger partial charge < -0.3 is 19.1 Å². The molecule has 0 aromatic heterocycles. The number of likely N-dealkylation sites (N-methyl/N-ethyl adjacent to an activating group) is 1. The molecule has 0 aliphatic carbocycles. The number of rotatable bonds is 8. The van der Waals surface area contributed by atoms with Gasteiger partial charge in [0, 0.05) is 13.6 Å². The molecule has 9 heteroatoms. The highest BCUT2D eigenvalue weighted by Crippen LogP contribution is 2.24. The van der Waals surface area contributed by atoms with Crippen molar-refractivity contribution >= 4 is 22.1 Å². The van der Waals surface area contributed by atoms with Crippen molar-refractivity contribution in [2.24, 2.45) is 0 Å². The van der Waals surface area contributed by atoms with Crippen LogP contribution >= 0.6 is 0 Å². The predicted molar refractivity (Wildman–Crippen MR) is 123 cm³/mol. The zero-order valence-electron chi connectivity index (χ0n) is 19.0. The molecule has 0 aliphatic rings. The van der Waals surface area contributed by atoms with Gasteiger partial charge in [-0.25, -0.2) is 4.79 Å². The van der Waals surface area contributed by atoms with Gasteiger partial charge >= 0.3 is 16.2 Å². The molecule has 0 saturated heterocycles. The lowest BCUT2D eigenvalue weighted by atomic mass is 10.0. The molecule has 1 N–H and O–H groups in total. The Morgan fingerprint density at radius 1 is 1.03 bits per heavy atom. The minimum atomic E-state index is -3.57. The highest BCUT2D eigenvalue weighted by molar-refractivity contribution is 7.87. The number of amides is 2. The number of nitrogens with zero attached hydrogens (tertiary/aromatic N) is 1. The maximum Gasteiger partial charge on any atom is 0.408 e. The summed E-state index contributed by atoms with van der Waals surface area (Å²) in [4.78, 5) is 25.6. The van der Waals surface area contributed by atoms with Gasteiger partial charge in [0.25, 0.3) is 0 Å². The molecule has 0 spiro atoms. The highest BCUT2D eigenvalue weighted by Gasteiger charge is 2.18. The highest BCUT2D eigenvalue weighted by atomic mass is 32.2. The zero-order chi connectivity index (χ0) is 23.9. The summed E-state index contributed by atoms with van der Waals surface area (Å²) in [6.45, 7) is 6.97. The van der Waals surface area contributed by atoms with Crippen LogP contribution in [0.15, 0.2) is 48.5 Å². The smallest absolute Gasteiger partial charge is 0.408 e. The molecular formula is C23H30N2O6S. The fourth-order valence-corrected chi connectivity index (χ4v) is 3.24. The van der Waals surface area contributed by atoms with Crippen molar-refractivity contribution in [3.8, 4) is 16.9 Å². The summed E-state index contributed by atoms with van der Waals surface area (Å²) in [6.07, 6.45) is -0.639. The molecule has 2 rings (SSSR count). The van der Waals surface area contributed by atoms with E-state index in [2.05, 4.69) is 5.32 Å². The fourth-order valence-electron chi connectivity index (χ4n) is 2.72. The lowest BCUT2D eigenvalue weighted by Gasteiger charge is -2.21. The molecule has 174 valence electrons. The minimum Gasteiger partial charge on any atom is -0.444 e. The summed E-state index contributed by atoms with van der Waals surface area (Å²) in [5.74, 6) is -0.0921. The molecule has 2 amide bonds. The van der Waals surface area contributed by atoms with Gasteiger partial charge in [-0.1, -0.05) is 30.3 Å². The van der Waals surface area contributed by atoms with E-state index < -0.39 is 21.8 Å². The number of hydrogen-bond donors (Lipinski definition) is 1. The van der Waals surface area contributed by atoms with E-state index in [1.54, 1.807) is 52.1 Å². The Morgan fingerprint density at radius 2 is 1.69 bits per heavy atom. The second-order valence-corrected chi connectivity index (χ2v) is 10.1. The number of nitrogens with one attached hydrogen (secondary N) is 1. The fraction of sp³-hybridized carbons (Fsp3) is 0.391. The topological polar surface area (TPSA) is 102 Å². The van der Waals surface area contributed by atoms with Crippen molar-refractivity contribution in [2.75, 3.05) is 19.3 Å². The Balaban J connectivity index is 1.99. The number of carbonyl (C=O) groups excluding carboxylic acids is 2. The van der Waals surface area contributed by atoms with Crippen molar-refractivity contribution in [3.63, 3.8) is 0 Å². The second kappa shape index (κ2) is 10.5. The van der Waals surface area contributed by atoms with Crippen LogP contribution in [-0.2, 0) is 26.2 Å². The van der Waals surface area contributed by atoms with Crippen molar-refractivity contribution < 1.29 is 26.9 Å². The number of benzene rings is 2. The molecule has 0 saturated carbocycles. The van der Waals surface area contributed by atoms with Crippen molar-refractivity contribution in [1.29, 1.82) is 0 Å². The van der Waals surface area contributed by atoms with E-state index in [1.165, 1.54) is 11.8 Å². The van der Waals surface area contributed by atoms with Crippen LogP contribution in [0.1, 0.15) is 33.3 Å². The maximum absolute atomic E-state index is 12.3. The third kappa shape index (κ3) is 8.22. The molecule has 0 unspecified atom stereocenters. The Bertz CT molecular complexity index is 1040. The molecule has 0 aliphatic heterocycles.